The van der Waals surface area contributed by atoms with Gasteiger partial charge in [0.1, 0.15) is 0 Å². The molecule has 2 nitrogen and oxygen atoms in total. The van der Waals surface area contributed by atoms with E-state index in [0.717, 1.165) is 22.5 Å². The summed E-state index contributed by atoms with van der Waals surface area (Å²) in [5.41, 5.74) is 4.30. The van der Waals surface area contributed by atoms with Gasteiger partial charge in [0.2, 0.25) is 0 Å². The minimum atomic E-state index is 0.966. The summed E-state index contributed by atoms with van der Waals surface area (Å²) >= 11 is 0. The largest absolute Gasteiger partial charge is 0.388 e. The Kier molecular flexibility index (Phi) is 4.51. The van der Waals surface area contributed by atoms with Gasteiger partial charge in [-0.25, -0.2) is 0 Å². The Bertz CT molecular complexity index is 569. The molecule has 1 N–H and O–H groups in total. The van der Waals surface area contributed by atoms with E-state index >= 15 is 0 Å². The monoisotopic (exact) mass is 250 g/mol. The molecular weight excluding hydrogens is 232 g/mol. The molecule has 0 amide bonds. The molecule has 0 aliphatic rings. The summed E-state index contributed by atoms with van der Waals surface area (Å²) in [6.45, 7) is 0. The second-order valence-electron chi connectivity index (χ2n) is 4.15. The Morgan fingerprint density at radius 2 is 1.42 bits per heavy atom. The van der Waals surface area contributed by atoms with Gasteiger partial charge in [-0.05, 0) is 17.2 Å². The molecule has 2 heteroatoms. The van der Waals surface area contributed by atoms with Crippen molar-refractivity contribution in [1.82, 2.24) is 5.32 Å². The minimum Gasteiger partial charge on any atom is -0.388 e. The number of hydrogen-bond donors (Lipinski definition) is 1. The molecule has 0 atom stereocenters. The maximum absolute atomic E-state index is 4.37. The maximum Gasteiger partial charge on any atom is 0.0663 e. The van der Waals surface area contributed by atoms with Crippen molar-refractivity contribution in [2.45, 2.75) is 0 Å². The molecule has 0 saturated heterocycles. The van der Waals surface area contributed by atoms with Crippen molar-refractivity contribution < 1.29 is 0 Å². The van der Waals surface area contributed by atoms with Crippen LogP contribution in [0.1, 0.15) is 11.1 Å². The van der Waals surface area contributed by atoms with Crippen LogP contribution in [0.25, 0.3) is 5.70 Å². The molecule has 0 spiro atoms. The first-order valence-electron chi connectivity index (χ1n) is 6.32. The van der Waals surface area contributed by atoms with Gasteiger partial charge in [0.05, 0.1) is 5.71 Å². The fraction of sp³-hybridized carbons (Fsp3) is 0.118. The Balaban J connectivity index is 2.37. The van der Waals surface area contributed by atoms with Crippen LogP contribution >= 0.6 is 0 Å². The first kappa shape index (κ1) is 13.1. The Labute approximate surface area is 114 Å². The van der Waals surface area contributed by atoms with Gasteiger partial charge in [-0.15, -0.1) is 0 Å². The third-order valence-electron chi connectivity index (χ3n) is 2.95. The number of rotatable bonds is 4. The Morgan fingerprint density at radius 3 is 1.89 bits per heavy atom. The lowest BCUT2D eigenvalue weighted by Crippen LogP contribution is -2.08. The molecule has 0 unspecified atom stereocenters. The lowest BCUT2D eigenvalue weighted by Gasteiger charge is -2.08. The standard InChI is InChI=1S/C17H18N2/c1-18-16(14-9-5-3-6-10-14)13-17(19-2)15-11-7-4-8-12-15/h3-13,18H,1-2H3/b16-13-,19-17+. The van der Waals surface area contributed by atoms with Gasteiger partial charge < -0.3 is 5.32 Å². The van der Waals surface area contributed by atoms with Crippen LogP contribution in [-0.4, -0.2) is 19.8 Å². The number of nitrogens with zero attached hydrogens (tertiary/aromatic N) is 1. The molecule has 0 saturated carbocycles. The van der Waals surface area contributed by atoms with Gasteiger partial charge in [0, 0.05) is 19.8 Å². The van der Waals surface area contributed by atoms with E-state index in [1.54, 1.807) is 0 Å². The smallest absolute Gasteiger partial charge is 0.0663 e. The van der Waals surface area contributed by atoms with Gasteiger partial charge in [0.15, 0.2) is 0 Å². The van der Waals surface area contributed by atoms with Crippen LogP contribution in [0.15, 0.2) is 71.7 Å². The molecule has 0 aliphatic carbocycles. The summed E-state index contributed by atoms with van der Waals surface area (Å²) < 4.78 is 0. The number of hydrogen-bond acceptors (Lipinski definition) is 2. The maximum atomic E-state index is 4.37. The highest BCUT2D eigenvalue weighted by Crippen LogP contribution is 2.12. The van der Waals surface area contributed by atoms with E-state index in [1.165, 1.54) is 0 Å². The predicted molar refractivity (Wildman–Crippen MR) is 82.4 cm³/mol. The van der Waals surface area contributed by atoms with Crippen LogP contribution in [0.3, 0.4) is 0 Å². The molecule has 0 aromatic heterocycles. The predicted octanol–water partition coefficient (Wildman–Crippen LogP) is 3.37. The van der Waals surface area contributed by atoms with Gasteiger partial charge in [-0.1, -0.05) is 60.7 Å². The molecule has 0 heterocycles. The highest BCUT2D eigenvalue weighted by Gasteiger charge is 2.03. The molecule has 2 aromatic carbocycles. The SMILES string of the molecule is C/N=C(\C=C(/NC)c1ccccc1)c1ccccc1. The van der Waals surface area contributed by atoms with E-state index in [4.69, 9.17) is 0 Å². The van der Waals surface area contributed by atoms with Crippen LogP contribution in [0.5, 0.6) is 0 Å². The highest BCUT2D eigenvalue weighted by atomic mass is 14.8. The van der Waals surface area contributed by atoms with Crippen LogP contribution in [0.4, 0.5) is 0 Å². The lowest BCUT2D eigenvalue weighted by atomic mass is 10.1. The topological polar surface area (TPSA) is 24.4 Å². The van der Waals surface area contributed by atoms with Crippen molar-refractivity contribution in [1.29, 1.82) is 0 Å². The van der Waals surface area contributed by atoms with Crippen molar-refractivity contribution in [2.24, 2.45) is 4.99 Å². The fourth-order valence-electron chi connectivity index (χ4n) is 1.94. The van der Waals surface area contributed by atoms with Gasteiger partial charge in [-0.2, -0.15) is 0 Å². The Hall–Kier alpha value is -2.35. The Morgan fingerprint density at radius 1 is 0.895 bits per heavy atom. The van der Waals surface area contributed by atoms with Crippen molar-refractivity contribution >= 4 is 11.4 Å². The van der Waals surface area contributed by atoms with E-state index < -0.39 is 0 Å². The molecule has 0 fully saturated rings. The van der Waals surface area contributed by atoms with Gasteiger partial charge in [-0.3, -0.25) is 4.99 Å². The molecule has 2 aromatic rings. The first-order valence-corrected chi connectivity index (χ1v) is 6.32. The van der Waals surface area contributed by atoms with Crippen molar-refractivity contribution in [3.05, 3.63) is 77.9 Å². The van der Waals surface area contributed by atoms with Crippen molar-refractivity contribution in [3.8, 4) is 0 Å². The zero-order valence-electron chi connectivity index (χ0n) is 11.3. The summed E-state index contributed by atoms with van der Waals surface area (Å²) in [5.74, 6) is 0. The van der Waals surface area contributed by atoms with E-state index in [0.29, 0.717) is 0 Å². The minimum absolute atomic E-state index is 0.966. The molecule has 0 radical (unpaired) electrons. The van der Waals surface area contributed by atoms with Gasteiger partial charge >= 0.3 is 0 Å². The second kappa shape index (κ2) is 6.55. The summed E-state index contributed by atoms with van der Waals surface area (Å²) in [7, 11) is 3.74. The number of allylic oxidation sites excluding steroid dienone is 1. The van der Waals surface area contributed by atoms with Crippen LogP contribution in [-0.2, 0) is 0 Å². The zero-order valence-corrected chi connectivity index (χ0v) is 11.3. The zero-order chi connectivity index (χ0) is 13.5. The molecule has 2 rings (SSSR count). The normalized spacial score (nSPS) is 12.3. The number of nitrogens with one attached hydrogen (secondary N) is 1. The van der Waals surface area contributed by atoms with Crippen molar-refractivity contribution in [2.75, 3.05) is 14.1 Å². The average Bonchev–Trinajstić information content (AvgIpc) is 2.50. The molecule has 0 bridgehead atoms. The fourth-order valence-corrected chi connectivity index (χ4v) is 1.94. The molecule has 96 valence electrons. The second-order valence-corrected chi connectivity index (χ2v) is 4.15. The summed E-state index contributed by atoms with van der Waals surface area (Å²) in [5, 5.41) is 3.23. The van der Waals surface area contributed by atoms with Crippen molar-refractivity contribution in [3.63, 3.8) is 0 Å². The first-order chi connectivity index (χ1) is 9.35. The third kappa shape index (κ3) is 3.32. The molecule has 0 aliphatic heterocycles. The van der Waals surface area contributed by atoms with E-state index in [9.17, 15) is 0 Å². The van der Waals surface area contributed by atoms with E-state index in [2.05, 4.69) is 40.7 Å². The van der Waals surface area contributed by atoms with Crippen LogP contribution in [0, 0.1) is 0 Å². The summed E-state index contributed by atoms with van der Waals surface area (Å²) in [6.07, 6.45) is 2.07. The summed E-state index contributed by atoms with van der Waals surface area (Å²) in [6, 6.07) is 20.4. The summed E-state index contributed by atoms with van der Waals surface area (Å²) in [4.78, 5) is 4.37. The molecular formula is C17H18N2. The number of aliphatic imine (C=N–C) groups is 1. The molecule has 19 heavy (non-hydrogen) atoms. The quantitative estimate of drug-likeness (QED) is 0.827. The van der Waals surface area contributed by atoms with Crippen LogP contribution in [0.2, 0.25) is 0 Å². The van der Waals surface area contributed by atoms with Gasteiger partial charge in [0.25, 0.3) is 0 Å². The third-order valence-corrected chi connectivity index (χ3v) is 2.95. The average molecular weight is 250 g/mol. The highest BCUT2D eigenvalue weighted by molar-refractivity contribution is 6.12. The van der Waals surface area contributed by atoms with E-state index in [-0.39, 0.29) is 0 Å². The van der Waals surface area contributed by atoms with Crippen LogP contribution < -0.4 is 5.32 Å². The van der Waals surface area contributed by atoms with E-state index in [1.807, 2.05) is 50.5 Å². The lowest BCUT2D eigenvalue weighted by molar-refractivity contribution is 1.13. The number of benzene rings is 2.